The fourth-order valence-corrected chi connectivity index (χ4v) is 3.89. The molecule has 3 aromatic carbocycles. The summed E-state index contributed by atoms with van der Waals surface area (Å²) in [6, 6.07) is 22.0. The van der Waals surface area contributed by atoms with Crippen molar-refractivity contribution in [3.05, 3.63) is 77.9 Å². The monoisotopic (exact) mass is 423 g/mol. The molecule has 0 aliphatic heterocycles. The van der Waals surface area contributed by atoms with Crippen molar-refractivity contribution >= 4 is 26.6 Å². The summed E-state index contributed by atoms with van der Waals surface area (Å²) >= 11 is 0. The normalized spacial score (nSPS) is 12.1. The maximum absolute atomic E-state index is 11.5. The summed E-state index contributed by atoms with van der Waals surface area (Å²) in [6.45, 7) is 4.27. The van der Waals surface area contributed by atoms with Crippen LogP contribution in [0, 0.1) is 0 Å². The summed E-state index contributed by atoms with van der Waals surface area (Å²) in [7, 11) is -3.15. The van der Waals surface area contributed by atoms with Crippen molar-refractivity contribution in [3.8, 4) is 0 Å². The van der Waals surface area contributed by atoms with Gasteiger partial charge in [-0.2, -0.15) is 0 Å². The summed E-state index contributed by atoms with van der Waals surface area (Å²) in [5.41, 5.74) is 2.36. The van der Waals surface area contributed by atoms with Crippen LogP contribution in [0.5, 0.6) is 0 Å². The highest BCUT2D eigenvalue weighted by Gasteiger charge is 2.06. The second-order valence-electron chi connectivity index (χ2n) is 7.29. The van der Waals surface area contributed by atoms with E-state index in [4.69, 9.17) is 0 Å². The number of guanidine groups is 1. The highest BCUT2D eigenvalue weighted by atomic mass is 32.2. The smallest absolute Gasteiger partial charge is 0.191 e. The van der Waals surface area contributed by atoms with E-state index in [-0.39, 0.29) is 0 Å². The average Bonchev–Trinajstić information content (AvgIpc) is 2.73. The highest BCUT2D eigenvalue weighted by molar-refractivity contribution is 7.90. The first-order valence-corrected chi connectivity index (χ1v) is 12.1. The second kappa shape index (κ2) is 10.3. The molecule has 0 saturated heterocycles. The fraction of sp³-hybridized carbons (Fsp3) is 0.292. The molecule has 30 heavy (non-hydrogen) atoms. The van der Waals surface area contributed by atoms with Gasteiger partial charge in [0.15, 0.2) is 15.8 Å². The van der Waals surface area contributed by atoms with Crippen molar-refractivity contribution in [1.29, 1.82) is 0 Å². The minimum atomic E-state index is -3.15. The Bertz CT molecular complexity index is 1110. The number of sulfone groups is 1. The van der Waals surface area contributed by atoms with Gasteiger partial charge in [-0.1, -0.05) is 54.6 Å². The molecule has 0 radical (unpaired) electrons. The van der Waals surface area contributed by atoms with Crippen LogP contribution in [-0.4, -0.2) is 40.3 Å². The van der Waals surface area contributed by atoms with Gasteiger partial charge in [0.2, 0.25) is 0 Å². The minimum Gasteiger partial charge on any atom is -0.357 e. The molecule has 0 saturated carbocycles. The third-order valence-corrected chi connectivity index (χ3v) is 6.01. The maximum Gasteiger partial charge on any atom is 0.191 e. The first kappa shape index (κ1) is 21.8. The molecule has 0 amide bonds. The van der Waals surface area contributed by atoms with E-state index in [0.717, 1.165) is 37.5 Å². The predicted octanol–water partition coefficient (Wildman–Crippen LogP) is 3.58. The molecule has 0 aliphatic carbocycles. The molecule has 0 unspecified atom stereocenters. The molecule has 6 heteroatoms. The first-order valence-electron chi connectivity index (χ1n) is 10.2. The third kappa shape index (κ3) is 6.32. The Kier molecular flexibility index (Phi) is 7.46. The van der Waals surface area contributed by atoms with Crippen molar-refractivity contribution in [1.82, 2.24) is 10.6 Å². The van der Waals surface area contributed by atoms with Crippen molar-refractivity contribution in [3.63, 3.8) is 0 Å². The van der Waals surface area contributed by atoms with Crippen molar-refractivity contribution in [2.75, 3.05) is 25.9 Å². The Morgan fingerprint density at radius 2 is 1.57 bits per heavy atom. The molecule has 2 N–H and O–H groups in total. The molecule has 0 aliphatic rings. The van der Waals surface area contributed by atoms with Crippen molar-refractivity contribution in [2.45, 2.75) is 24.7 Å². The number of fused-ring (bicyclic) bond motifs is 1. The van der Waals surface area contributed by atoms with Gasteiger partial charge in [0.25, 0.3) is 0 Å². The SMILES string of the molecule is CCNC(=NCCc1ccc(S(C)(=O)=O)cc1)NCCc1ccc2ccccc2c1. The van der Waals surface area contributed by atoms with E-state index in [1.807, 2.05) is 19.1 Å². The van der Waals surface area contributed by atoms with E-state index >= 15 is 0 Å². The van der Waals surface area contributed by atoms with Gasteiger partial charge in [-0.05, 0) is 53.8 Å². The number of hydrogen-bond donors (Lipinski definition) is 2. The zero-order valence-corrected chi connectivity index (χ0v) is 18.4. The van der Waals surface area contributed by atoms with Crippen LogP contribution in [0.4, 0.5) is 0 Å². The number of nitrogens with zero attached hydrogens (tertiary/aromatic N) is 1. The van der Waals surface area contributed by atoms with Gasteiger partial charge in [0, 0.05) is 25.9 Å². The fourth-order valence-electron chi connectivity index (χ4n) is 3.26. The van der Waals surface area contributed by atoms with Gasteiger partial charge in [0.1, 0.15) is 0 Å². The van der Waals surface area contributed by atoms with Crippen LogP contribution in [0.15, 0.2) is 76.6 Å². The quantitative estimate of drug-likeness (QED) is 0.429. The summed E-state index contributed by atoms with van der Waals surface area (Å²) in [6.07, 6.45) is 2.89. The molecule has 0 atom stereocenters. The molecule has 0 fully saturated rings. The lowest BCUT2D eigenvalue weighted by Gasteiger charge is -2.12. The molecular weight excluding hydrogens is 394 g/mol. The molecule has 3 aromatic rings. The molecule has 0 aromatic heterocycles. The van der Waals surface area contributed by atoms with Crippen LogP contribution < -0.4 is 10.6 Å². The standard InChI is InChI=1S/C24H29N3O2S/c1-3-25-24(26-16-14-19-9-12-23(13-10-19)30(2,28)29)27-17-15-20-8-11-21-6-4-5-7-22(21)18-20/h4-13,18H,3,14-17H2,1-2H3,(H2,25,26,27). The van der Waals surface area contributed by atoms with E-state index in [2.05, 4.69) is 58.1 Å². The molecule has 0 spiro atoms. The van der Waals surface area contributed by atoms with E-state index in [1.165, 1.54) is 22.6 Å². The van der Waals surface area contributed by atoms with Crippen molar-refractivity contribution in [2.24, 2.45) is 4.99 Å². The molecular formula is C24H29N3O2S. The Hall–Kier alpha value is -2.86. The topological polar surface area (TPSA) is 70.6 Å². The molecule has 0 heterocycles. The number of rotatable bonds is 8. The van der Waals surface area contributed by atoms with Crippen LogP contribution in [0.1, 0.15) is 18.1 Å². The maximum atomic E-state index is 11.5. The average molecular weight is 424 g/mol. The van der Waals surface area contributed by atoms with E-state index in [9.17, 15) is 8.42 Å². The van der Waals surface area contributed by atoms with Crippen LogP contribution in [-0.2, 0) is 22.7 Å². The predicted molar refractivity (Wildman–Crippen MR) is 125 cm³/mol. The van der Waals surface area contributed by atoms with Gasteiger partial charge in [-0.15, -0.1) is 0 Å². The molecule has 3 rings (SSSR count). The van der Waals surface area contributed by atoms with Gasteiger partial charge in [-0.25, -0.2) is 8.42 Å². The largest absolute Gasteiger partial charge is 0.357 e. The molecule has 0 bridgehead atoms. The van der Waals surface area contributed by atoms with Crippen molar-refractivity contribution < 1.29 is 8.42 Å². The van der Waals surface area contributed by atoms with Crippen LogP contribution in [0.2, 0.25) is 0 Å². The first-order chi connectivity index (χ1) is 14.5. The second-order valence-corrected chi connectivity index (χ2v) is 9.30. The van der Waals surface area contributed by atoms with Gasteiger partial charge < -0.3 is 10.6 Å². The summed E-state index contributed by atoms with van der Waals surface area (Å²) in [4.78, 5) is 4.98. The zero-order chi connectivity index (χ0) is 21.4. The Morgan fingerprint density at radius 3 is 2.27 bits per heavy atom. The summed E-state index contributed by atoms with van der Waals surface area (Å²) in [5.74, 6) is 0.797. The zero-order valence-electron chi connectivity index (χ0n) is 17.6. The van der Waals surface area contributed by atoms with Gasteiger partial charge in [-0.3, -0.25) is 4.99 Å². The molecule has 5 nitrogen and oxygen atoms in total. The number of hydrogen-bond acceptors (Lipinski definition) is 3. The van der Waals surface area contributed by atoms with Gasteiger partial charge in [0.05, 0.1) is 4.90 Å². The molecule has 158 valence electrons. The van der Waals surface area contributed by atoms with E-state index in [1.54, 1.807) is 12.1 Å². The Balaban J connectivity index is 1.52. The lowest BCUT2D eigenvalue weighted by molar-refractivity contribution is 0.602. The number of benzene rings is 3. The number of aliphatic imine (C=N–C) groups is 1. The summed E-state index contributed by atoms with van der Waals surface area (Å²) < 4.78 is 23.1. The highest BCUT2D eigenvalue weighted by Crippen LogP contribution is 2.15. The Labute approximate surface area is 179 Å². The summed E-state index contributed by atoms with van der Waals surface area (Å²) in [5, 5.41) is 9.19. The van der Waals surface area contributed by atoms with Crippen LogP contribution in [0.3, 0.4) is 0 Å². The van der Waals surface area contributed by atoms with E-state index in [0.29, 0.717) is 11.4 Å². The van der Waals surface area contributed by atoms with Crippen LogP contribution >= 0.6 is 0 Å². The van der Waals surface area contributed by atoms with E-state index < -0.39 is 9.84 Å². The van der Waals surface area contributed by atoms with Crippen LogP contribution in [0.25, 0.3) is 10.8 Å². The van der Waals surface area contributed by atoms with Gasteiger partial charge >= 0.3 is 0 Å². The lowest BCUT2D eigenvalue weighted by Crippen LogP contribution is -2.38. The Morgan fingerprint density at radius 1 is 0.867 bits per heavy atom. The lowest BCUT2D eigenvalue weighted by atomic mass is 10.1. The minimum absolute atomic E-state index is 0.346. The third-order valence-electron chi connectivity index (χ3n) is 4.89. The number of nitrogens with one attached hydrogen (secondary N) is 2.